The molecule has 0 aromatic heterocycles. The summed E-state index contributed by atoms with van der Waals surface area (Å²) >= 11 is 0. The molecule has 1 unspecified atom stereocenters. The SMILES string of the molecule is C/C=C\C1=C(/C=C\C)N(CC)C(=O)CN(C(=O)CC(N)Cc2cc(F)c(C)cc2F)C1. The summed E-state index contributed by atoms with van der Waals surface area (Å²) in [4.78, 5) is 28.9. The van der Waals surface area contributed by atoms with Crippen molar-refractivity contribution in [1.29, 1.82) is 0 Å². The van der Waals surface area contributed by atoms with Crippen LogP contribution < -0.4 is 5.73 Å². The Labute approximate surface area is 182 Å². The van der Waals surface area contributed by atoms with Gasteiger partial charge in [-0.25, -0.2) is 8.78 Å². The number of nitrogens with two attached hydrogens (primary N) is 1. The summed E-state index contributed by atoms with van der Waals surface area (Å²) in [5, 5.41) is 0. The summed E-state index contributed by atoms with van der Waals surface area (Å²) < 4.78 is 27.9. The van der Waals surface area contributed by atoms with Crippen LogP contribution >= 0.6 is 0 Å². The molecule has 1 aliphatic rings. The summed E-state index contributed by atoms with van der Waals surface area (Å²) in [7, 11) is 0. The minimum Gasteiger partial charge on any atom is -0.329 e. The maximum absolute atomic E-state index is 14.1. The van der Waals surface area contributed by atoms with Crippen molar-refractivity contribution in [1.82, 2.24) is 9.80 Å². The van der Waals surface area contributed by atoms with E-state index in [4.69, 9.17) is 5.73 Å². The topological polar surface area (TPSA) is 66.6 Å². The van der Waals surface area contributed by atoms with Gasteiger partial charge in [0.1, 0.15) is 18.2 Å². The van der Waals surface area contributed by atoms with Crippen LogP contribution in [-0.4, -0.2) is 47.3 Å². The van der Waals surface area contributed by atoms with Gasteiger partial charge in [0, 0.05) is 31.2 Å². The molecule has 168 valence electrons. The van der Waals surface area contributed by atoms with Gasteiger partial charge in [0.15, 0.2) is 0 Å². The van der Waals surface area contributed by atoms with Crippen LogP contribution in [0.1, 0.15) is 38.3 Å². The summed E-state index contributed by atoms with van der Waals surface area (Å²) in [6.45, 7) is 7.82. The van der Waals surface area contributed by atoms with Gasteiger partial charge >= 0.3 is 0 Å². The van der Waals surface area contributed by atoms with E-state index in [-0.39, 0.29) is 48.9 Å². The van der Waals surface area contributed by atoms with Gasteiger partial charge in [0.25, 0.3) is 0 Å². The number of nitrogens with zero attached hydrogens (tertiary/aromatic N) is 2. The fourth-order valence-corrected chi connectivity index (χ4v) is 3.67. The second-order valence-corrected chi connectivity index (χ2v) is 7.66. The number of aryl methyl sites for hydroxylation is 1. The van der Waals surface area contributed by atoms with E-state index >= 15 is 0 Å². The molecule has 1 atom stereocenters. The van der Waals surface area contributed by atoms with E-state index in [1.54, 1.807) is 4.90 Å². The Balaban J connectivity index is 2.21. The van der Waals surface area contributed by atoms with E-state index in [1.165, 1.54) is 11.8 Å². The minimum atomic E-state index is -0.700. The van der Waals surface area contributed by atoms with Crippen LogP contribution in [0.15, 0.2) is 47.7 Å². The standard InChI is InChI=1S/C24H31F2N3O2/c1-5-8-17-14-28(15-24(31)29(7-3)22(17)9-6-2)23(30)13-19(27)11-18-12-20(25)16(4)10-21(18)26/h5-6,8-10,12,19H,7,11,13-15,27H2,1-4H3/b8-5-,9-6-. The monoisotopic (exact) mass is 431 g/mol. The van der Waals surface area contributed by atoms with Crippen molar-refractivity contribution in [2.24, 2.45) is 5.73 Å². The second-order valence-electron chi connectivity index (χ2n) is 7.66. The molecular formula is C24H31F2N3O2. The number of rotatable bonds is 7. The van der Waals surface area contributed by atoms with E-state index in [0.717, 1.165) is 23.4 Å². The molecule has 1 heterocycles. The summed E-state index contributed by atoms with van der Waals surface area (Å²) in [6, 6.07) is 1.55. The average Bonchev–Trinajstić information content (AvgIpc) is 2.83. The molecule has 1 aliphatic heterocycles. The van der Waals surface area contributed by atoms with Crippen molar-refractivity contribution in [3.8, 4) is 0 Å². The van der Waals surface area contributed by atoms with E-state index in [2.05, 4.69) is 0 Å². The highest BCUT2D eigenvalue weighted by Gasteiger charge is 2.29. The smallest absolute Gasteiger partial charge is 0.246 e. The van der Waals surface area contributed by atoms with Crippen molar-refractivity contribution in [3.05, 3.63) is 70.5 Å². The Kier molecular flexibility index (Phi) is 8.68. The lowest BCUT2D eigenvalue weighted by Crippen LogP contribution is -2.42. The Morgan fingerprint density at radius 1 is 1.16 bits per heavy atom. The Hall–Kier alpha value is -2.80. The van der Waals surface area contributed by atoms with Crippen molar-refractivity contribution in [3.63, 3.8) is 0 Å². The van der Waals surface area contributed by atoms with E-state index < -0.39 is 17.7 Å². The number of hydrogen-bond donors (Lipinski definition) is 1. The molecule has 0 saturated carbocycles. The molecule has 0 saturated heterocycles. The molecule has 1 aromatic rings. The molecule has 0 fully saturated rings. The first-order valence-electron chi connectivity index (χ1n) is 10.5. The van der Waals surface area contributed by atoms with Gasteiger partial charge in [-0.3, -0.25) is 9.59 Å². The molecule has 0 radical (unpaired) electrons. The fraction of sp³-hybridized carbons (Fsp3) is 0.417. The normalized spacial score (nSPS) is 16.5. The second kappa shape index (κ2) is 11.0. The van der Waals surface area contributed by atoms with E-state index in [1.807, 2.05) is 45.1 Å². The number of carbonyl (C=O) groups is 2. The average molecular weight is 432 g/mol. The lowest BCUT2D eigenvalue weighted by molar-refractivity contribution is -0.138. The van der Waals surface area contributed by atoms with Crippen LogP contribution in [0.25, 0.3) is 0 Å². The largest absolute Gasteiger partial charge is 0.329 e. The summed E-state index contributed by atoms with van der Waals surface area (Å²) in [6.07, 6.45) is 7.44. The first kappa shape index (κ1) is 24.5. The molecule has 0 spiro atoms. The lowest BCUT2D eigenvalue weighted by Gasteiger charge is -2.23. The Morgan fingerprint density at radius 3 is 2.45 bits per heavy atom. The first-order chi connectivity index (χ1) is 14.7. The predicted molar refractivity (Wildman–Crippen MR) is 118 cm³/mol. The molecule has 31 heavy (non-hydrogen) atoms. The molecular weight excluding hydrogens is 400 g/mol. The van der Waals surface area contributed by atoms with Gasteiger partial charge < -0.3 is 15.5 Å². The van der Waals surface area contributed by atoms with Crippen LogP contribution in [0.4, 0.5) is 8.78 Å². The quantitative estimate of drug-likeness (QED) is 0.717. The zero-order chi connectivity index (χ0) is 23.1. The van der Waals surface area contributed by atoms with Crippen LogP contribution in [0.2, 0.25) is 0 Å². The number of allylic oxidation sites excluding steroid dienone is 3. The number of halogens is 2. The molecule has 5 nitrogen and oxygen atoms in total. The molecule has 2 N–H and O–H groups in total. The lowest BCUT2D eigenvalue weighted by atomic mass is 10.0. The molecule has 2 rings (SSSR count). The van der Waals surface area contributed by atoms with Gasteiger partial charge in [0.05, 0.1) is 0 Å². The molecule has 1 aromatic carbocycles. The number of likely N-dealkylation sites (N-methyl/N-ethyl adjacent to an activating group) is 1. The third-order valence-corrected chi connectivity index (χ3v) is 5.22. The minimum absolute atomic E-state index is 0.0268. The van der Waals surface area contributed by atoms with Crippen LogP contribution in [0, 0.1) is 18.6 Å². The maximum atomic E-state index is 14.1. The zero-order valence-corrected chi connectivity index (χ0v) is 18.6. The first-order valence-corrected chi connectivity index (χ1v) is 10.5. The molecule has 0 aliphatic carbocycles. The van der Waals surface area contributed by atoms with Gasteiger partial charge in [-0.05, 0) is 69.0 Å². The van der Waals surface area contributed by atoms with Gasteiger partial charge in [0.2, 0.25) is 11.8 Å². The van der Waals surface area contributed by atoms with Crippen molar-refractivity contribution < 1.29 is 18.4 Å². The summed E-state index contributed by atoms with van der Waals surface area (Å²) in [5.74, 6) is -1.53. The predicted octanol–water partition coefficient (Wildman–Crippen LogP) is 3.63. The number of amides is 2. The van der Waals surface area contributed by atoms with Crippen LogP contribution in [0.5, 0.6) is 0 Å². The highest BCUT2D eigenvalue weighted by Crippen LogP contribution is 2.21. The number of hydrogen-bond acceptors (Lipinski definition) is 3. The Bertz CT molecular complexity index is 922. The maximum Gasteiger partial charge on any atom is 0.246 e. The van der Waals surface area contributed by atoms with Crippen LogP contribution in [-0.2, 0) is 16.0 Å². The summed E-state index contributed by atoms with van der Waals surface area (Å²) in [5.41, 5.74) is 8.07. The molecule has 7 heteroatoms. The zero-order valence-electron chi connectivity index (χ0n) is 18.6. The highest BCUT2D eigenvalue weighted by molar-refractivity contribution is 5.87. The molecule has 0 bridgehead atoms. The van der Waals surface area contributed by atoms with Gasteiger partial charge in [-0.1, -0.05) is 18.2 Å². The van der Waals surface area contributed by atoms with Crippen LogP contribution in [0.3, 0.4) is 0 Å². The van der Waals surface area contributed by atoms with Crippen molar-refractivity contribution in [2.75, 3.05) is 19.6 Å². The van der Waals surface area contributed by atoms with Crippen molar-refractivity contribution >= 4 is 11.8 Å². The van der Waals surface area contributed by atoms with Gasteiger partial charge in [-0.15, -0.1) is 0 Å². The van der Waals surface area contributed by atoms with Crippen molar-refractivity contribution in [2.45, 2.75) is 46.6 Å². The Morgan fingerprint density at radius 2 is 1.84 bits per heavy atom. The highest BCUT2D eigenvalue weighted by atomic mass is 19.1. The fourth-order valence-electron chi connectivity index (χ4n) is 3.67. The third kappa shape index (κ3) is 6.10. The van der Waals surface area contributed by atoms with E-state index in [9.17, 15) is 18.4 Å². The number of benzene rings is 1. The van der Waals surface area contributed by atoms with Gasteiger partial charge in [-0.2, -0.15) is 0 Å². The number of carbonyl (C=O) groups excluding carboxylic acids is 2. The third-order valence-electron chi connectivity index (χ3n) is 5.22. The molecule has 2 amide bonds. The van der Waals surface area contributed by atoms with E-state index in [0.29, 0.717) is 6.54 Å².